The van der Waals surface area contributed by atoms with Crippen molar-refractivity contribution >= 4 is 23.4 Å². The van der Waals surface area contributed by atoms with Crippen molar-refractivity contribution in [3.63, 3.8) is 0 Å². The molecule has 6 heterocycles. The van der Waals surface area contributed by atoms with Gasteiger partial charge in [0.15, 0.2) is 0 Å². The molecule has 416 valence electrons. The zero-order chi connectivity index (χ0) is 57.8. The molecule has 0 saturated carbocycles. The molecule has 0 aliphatic heterocycles. The van der Waals surface area contributed by atoms with Crippen molar-refractivity contribution in [2.45, 2.75) is 66.2 Å². The molecule has 0 atom stereocenters. The van der Waals surface area contributed by atoms with E-state index < -0.39 is 23.4 Å². The summed E-state index contributed by atoms with van der Waals surface area (Å²) in [5, 5.41) is 14.6. The second-order valence-electron chi connectivity index (χ2n) is 16.3. The molecule has 0 spiro atoms. The van der Waals surface area contributed by atoms with Crippen molar-refractivity contribution in [2.24, 2.45) is 14.1 Å². The van der Waals surface area contributed by atoms with Gasteiger partial charge in [0.1, 0.15) is 37.9 Å². The minimum absolute atomic E-state index is 0. The fourth-order valence-corrected chi connectivity index (χ4v) is 4.54. The van der Waals surface area contributed by atoms with E-state index in [4.69, 9.17) is 10.5 Å². The summed E-state index contributed by atoms with van der Waals surface area (Å²) in [4.78, 5) is 17.5. The van der Waals surface area contributed by atoms with E-state index in [-0.39, 0.29) is 30.9 Å². The van der Waals surface area contributed by atoms with Crippen LogP contribution in [0, 0.1) is 34.8 Å². The number of nitriles is 2. The van der Waals surface area contributed by atoms with E-state index >= 15 is 0 Å². The van der Waals surface area contributed by atoms with E-state index in [9.17, 15) is 75.5 Å². The third-order valence-corrected chi connectivity index (χ3v) is 7.29. The Labute approximate surface area is 429 Å². The van der Waals surface area contributed by atoms with Crippen LogP contribution in [0.2, 0.25) is 0 Å². The largest absolute Gasteiger partial charge is 3.00 e. The Morgan fingerprint density at radius 3 is 0.878 bits per heavy atom. The van der Waals surface area contributed by atoms with Crippen LogP contribution in [0.5, 0.6) is 0 Å². The van der Waals surface area contributed by atoms with Crippen LogP contribution in [0.25, 0.3) is 34.2 Å². The molecule has 6 aromatic rings. The number of aryl methyl sites for hydroxylation is 2. The maximum absolute atomic E-state index is 10.7. The van der Waals surface area contributed by atoms with Crippen LogP contribution in [0.4, 0.5) is 75.5 Å². The summed E-state index contributed by atoms with van der Waals surface area (Å²) in [6.45, 7) is 16.1. The van der Waals surface area contributed by atoms with Crippen LogP contribution in [-0.4, -0.2) is 19.9 Å². The Kier molecular flexibility index (Phi) is 24.5. The maximum Gasteiger partial charge on any atom is 3.00 e. The normalized spacial score (nSPS) is 13.6. The number of halogens is 18. The Morgan fingerprint density at radius 1 is 0.432 bits per heavy atom. The number of aromatic nitrogens is 6. The Bertz CT molecular complexity index is 2500. The second kappa shape index (κ2) is 24.9. The topological polar surface area (TPSA) is 107 Å². The van der Waals surface area contributed by atoms with E-state index in [2.05, 4.69) is 97.9 Å². The molecular weight excluding hydrogens is 1270 g/mol. The zero-order valence-corrected chi connectivity index (χ0v) is 45.7. The first-order valence-corrected chi connectivity index (χ1v) is 26.0. The molecule has 6 aromatic heterocycles. The minimum Gasteiger partial charge on any atom is 3.00 e. The predicted molar refractivity (Wildman–Crippen MR) is 248 cm³/mol. The summed E-state index contributed by atoms with van der Waals surface area (Å²) >= 11 is 0. The van der Waals surface area contributed by atoms with Crippen LogP contribution in [0.3, 0.4) is 0 Å². The number of pyridine rings is 6. The van der Waals surface area contributed by atoms with Crippen LogP contribution >= 0.6 is 23.4 Å². The standard InChI is InChI=1S/C18H24N2.2C11H10N2.2C2H3N.3F6P.Ir/c1-17(2,3)13-7-9-19-15(11-13)16-12-14(8-10-20-16)18(4,5)6;2*1-13-9-5-3-7-11(13)10-6-2-4-8-12-10;2*1-2-3;3*1-7(2,3,4,5)6;/h7-12H,1-6H3;2*2-6,8-9H,1H3;2*1H3;;;;/q;;;;;3*-1;+3. The molecule has 0 aromatic carbocycles. The van der Waals surface area contributed by atoms with Crippen molar-refractivity contribution in [2.75, 3.05) is 0 Å². The summed E-state index contributed by atoms with van der Waals surface area (Å²) in [5.74, 6) is 0. The average molecular weight is 1320 g/mol. The van der Waals surface area contributed by atoms with Gasteiger partial charge in [0.25, 0.3) is 0 Å². The van der Waals surface area contributed by atoms with Gasteiger partial charge >= 0.3 is 119 Å². The maximum atomic E-state index is 9.87. The van der Waals surface area contributed by atoms with Crippen LogP contribution < -0.4 is 9.13 Å². The summed E-state index contributed by atoms with van der Waals surface area (Å²) in [7, 11) is -28.0. The molecular formula is C44H50F18IrN8P3. The molecule has 0 unspecified atom stereocenters. The number of rotatable bonds is 3. The molecule has 74 heavy (non-hydrogen) atoms. The van der Waals surface area contributed by atoms with Crippen molar-refractivity contribution < 1.29 is 105 Å². The van der Waals surface area contributed by atoms with E-state index in [1.165, 1.54) is 25.0 Å². The molecule has 0 aliphatic carbocycles. The fraction of sp³-hybridized carbons (Fsp3) is 0.273. The van der Waals surface area contributed by atoms with Crippen LogP contribution in [-0.2, 0) is 45.0 Å². The van der Waals surface area contributed by atoms with Gasteiger partial charge in [-0.05, 0) is 58.4 Å². The molecule has 30 heteroatoms. The molecule has 0 amide bonds. The molecule has 0 N–H and O–H groups in total. The van der Waals surface area contributed by atoms with Crippen molar-refractivity contribution in [3.8, 4) is 46.3 Å². The van der Waals surface area contributed by atoms with Gasteiger partial charge < -0.3 is 9.97 Å². The molecule has 0 bridgehead atoms. The van der Waals surface area contributed by atoms with Gasteiger partial charge in [-0.3, -0.25) is 9.97 Å². The molecule has 6 rings (SSSR count). The SMILES string of the molecule is CC#N.CC#N.CC(C)(C)c1ccnc(-c2cc(C(C)(C)C)ccn2)c1.C[n+]1ccc[c-]c1-c1ccccn1.C[n+]1ccc[c-]c1-c1ccccn1.F[P-](F)(F)(F)(F)F.F[P-](F)(F)(F)(F)F.F[P-](F)(F)(F)(F)F.[Ir+3]. The number of hydrogen-bond donors (Lipinski definition) is 0. The second-order valence-corrected chi connectivity index (χ2v) is 22.1. The number of hydrogen-bond acceptors (Lipinski definition) is 6. The van der Waals surface area contributed by atoms with Gasteiger partial charge in [0.05, 0.1) is 23.5 Å². The average Bonchev–Trinajstić information content (AvgIpc) is 3.19. The quantitative estimate of drug-likeness (QED) is 0.0756. The summed E-state index contributed by atoms with van der Waals surface area (Å²) in [5.41, 5.74) is 8.61. The van der Waals surface area contributed by atoms with Gasteiger partial charge in [-0.15, -0.1) is 12.1 Å². The summed E-state index contributed by atoms with van der Waals surface area (Å²) in [6, 6.07) is 37.7. The van der Waals surface area contributed by atoms with Gasteiger partial charge in [0, 0.05) is 50.0 Å². The Morgan fingerprint density at radius 2 is 0.676 bits per heavy atom. The minimum atomic E-state index is -10.7. The predicted octanol–water partition coefficient (Wildman–Crippen LogP) is 18.7. The summed E-state index contributed by atoms with van der Waals surface area (Å²) in [6.07, 6.45) is 11.3. The van der Waals surface area contributed by atoms with Gasteiger partial charge in [-0.25, -0.2) is 9.13 Å². The Balaban J connectivity index is -0.000000833. The van der Waals surface area contributed by atoms with E-state index in [0.29, 0.717) is 0 Å². The van der Waals surface area contributed by atoms with Gasteiger partial charge in [-0.1, -0.05) is 77.9 Å². The van der Waals surface area contributed by atoms with Crippen LogP contribution in [0.1, 0.15) is 66.5 Å². The summed E-state index contributed by atoms with van der Waals surface area (Å²) < 4.78 is 182. The van der Waals surface area contributed by atoms with Crippen molar-refractivity contribution in [1.82, 2.24) is 19.9 Å². The van der Waals surface area contributed by atoms with Crippen molar-refractivity contribution in [1.29, 1.82) is 10.5 Å². The first-order chi connectivity index (χ1) is 32.1. The fourth-order valence-electron chi connectivity index (χ4n) is 4.54. The monoisotopic (exact) mass is 1320 g/mol. The third-order valence-electron chi connectivity index (χ3n) is 7.29. The van der Waals surface area contributed by atoms with E-state index in [1.807, 2.05) is 109 Å². The van der Waals surface area contributed by atoms with Gasteiger partial charge in [-0.2, -0.15) is 22.7 Å². The van der Waals surface area contributed by atoms with Gasteiger partial charge in [0.2, 0.25) is 0 Å². The third kappa shape index (κ3) is 48.8. The first-order valence-electron chi connectivity index (χ1n) is 19.9. The Hall–Kier alpha value is -5.44. The zero-order valence-electron chi connectivity index (χ0n) is 40.6. The molecule has 0 aliphatic rings. The molecule has 0 fully saturated rings. The molecule has 0 saturated heterocycles. The van der Waals surface area contributed by atoms with Crippen molar-refractivity contribution in [3.05, 3.63) is 145 Å². The van der Waals surface area contributed by atoms with E-state index in [1.54, 1.807) is 24.5 Å². The van der Waals surface area contributed by atoms with Crippen LogP contribution in [0.15, 0.2) is 122 Å². The first kappa shape index (κ1) is 72.8. The van der Waals surface area contributed by atoms with E-state index in [0.717, 1.165) is 34.2 Å². The smallest absolute Gasteiger partial charge is 3.00 e. The molecule has 0 radical (unpaired) electrons. The number of nitrogens with zero attached hydrogens (tertiary/aromatic N) is 8. The molecule has 8 nitrogen and oxygen atoms in total.